The summed E-state index contributed by atoms with van der Waals surface area (Å²) in [7, 11) is 7.44. The number of aryl methyl sites for hydroxylation is 2. The summed E-state index contributed by atoms with van der Waals surface area (Å²) in [4.78, 5) is 27.6. The molecule has 2 heterocycles. The van der Waals surface area contributed by atoms with Crippen molar-refractivity contribution >= 4 is 34.1 Å². The maximum atomic E-state index is 12.3. The lowest BCUT2D eigenvalue weighted by Crippen LogP contribution is -2.36. The summed E-state index contributed by atoms with van der Waals surface area (Å²) in [6.07, 6.45) is 0. The molecule has 1 aromatic carbocycles. The topological polar surface area (TPSA) is 71.3 Å². The highest BCUT2D eigenvalue weighted by Gasteiger charge is 2.16. The molecule has 26 heavy (non-hydrogen) atoms. The Morgan fingerprint density at radius 2 is 1.92 bits per heavy atom. The van der Waals surface area contributed by atoms with E-state index in [2.05, 4.69) is 21.6 Å². The molecule has 0 radical (unpaired) electrons. The number of rotatable bonds is 5. The number of anilines is 1. The van der Waals surface area contributed by atoms with Gasteiger partial charge in [-0.3, -0.25) is 9.13 Å². The summed E-state index contributed by atoms with van der Waals surface area (Å²) < 4.78 is 3.15. The van der Waals surface area contributed by atoms with Crippen molar-refractivity contribution < 1.29 is 4.79 Å². The van der Waals surface area contributed by atoms with Crippen molar-refractivity contribution in [3.8, 4) is 0 Å². The fraction of sp³-hybridized carbons (Fsp3) is 0.333. The average Bonchev–Trinajstić information content (AvgIpc) is 3.19. The predicted octanol–water partition coefficient (Wildman–Crippen LogP) is 2.36. The number of fused-ring (bicyclic) bond motifs is 1. The third kappa shape index (κ3) is 3.51. The molecule has 0 aliphatic heterocycles. The quantitative estimate of drug-likeness (QED) is 0.721. The molecule has 0 spiro atoms. The first-order chi connectivity index (χ1) is 12.4. The molecular formula is C18H23N5O2S. The zero-order chi connectivity index (χ0) is 18.8. The minimum atomic E-state index is -0.270. The molecule has 8 heteroatoms. The normalized spacial score (nSPS) is 12.5. The van der Waals surface area contributed by atoms with Crippen LogP contribution < -0.4 is 16.3 Å². The molecule has 0 fully saturated rings. The minimum Gasteiger partial charge on any atom is -0.336 e. The number of carbonyl (C=O) groups excluding carboxylic acids is 1. The van der Waals surface area contributed by atoms with Gasteiger partial charge in [-0.25, -0.2) is 9.59 Å². The second-order valence-electron chi connectivity index (χ2n) is 6.43. The smallest absolute Gasteiger partial charge is 0.328 e. The molecule has 7 nitrogen and oxygen atoms in total. The molecule has 0 bridgehead atoms. The van der Waals surface area contributed by atoms with Gasteiger partial charge in [0.25, 0.3) is 0 Å². The number of benzene rings is 1. The number of hydrogen-bond acceptors (Lipinski definition) is 4. The van der Waals surface area contributed by atoms with Gasteiger partial charge in [-0.1, -0.05) is 6.07 Å². The first kappa shape index (κ1) is 18.2. The van der Waals surface area contributed by atoms with E-state index in [1.54, 1.807) is 46.7 Å². The Morgan fingerprint density at radius 1 is 1.19 bits per heavy atom. The molecule has 1 atom stereocenters. The first-order valence-corrected chi connectivity index (χ1v) is 9.16. The van der Waals surface area contributed by atoms with Crippen LogP contribution in [0, 0.1) is 0 Å². The van der Waals surface area contributed by atoms with Crippen LogP contribution in [-0.2, 0) is 14.1 Å². The van der Waals surface area contributed by atoms with Crippen molar-refractivity contribution in [2.45, 2.75) is 6.04 Å². The number of imidazole rings is 1. The molecule has 0 saturated heterocycles. The fourth-order valence-corrected chi connectivity index (χ4v) is 3.89. The summed E-state index contributed by atoms with van der Waals surface area (Å²) in [5.41, 5.74) is 2.16. The van der Waals surface area contributed by atoms with E-state index in [1.807, 2.05) is 31.6 Å². The van der Waals surface area contributed by atoms with E-state index < -0.39 is 0 Å². The summed E-state index contributed by atoms with van der Waals surface area (Å²) in [5.74, 6) is 0. The van der Waals surface area contributed by atoms with E-state index in [1.165, 1.54) is 4.88 Å². The van der Waals surface area contributed by atoms with E-state index >= 15 is 0 Å². The lowest BCUT2D eigenvalue weighted by Gasteiger charge is -2.23. The lowest BCUT2D eigenvalue weighted by atomic mass is 10.2. The highest BCUT2D eigenvalue weighted by atomic mass is 32.1. The molecule has 3 aromatic rings. The van der Waals surface area contributed by atoms with Gasteiger partial charge in [0.1, 0.15) is 0 Å². The lowest BCUT2D eigenvalue weighted by molar-refractivity contribution is 0.244. The Balaban J connectivity index is 1.69. The van der Waals surface area contributed by atoms with Crippen molar-refractivity contribution in [2.75, 3.05) is 26.0 Å². The van der Waals surface area contributed by atoms with Gasteiger partial charge in [0.2, 0.25) is 0 Å². The molecule has 2 aromatic heterocycles. The van der Waals surface area contributed by atoms with Crippen LogP contribution in [0.5, 0.6) is 0 Å². The van der Waals surface area contributed by atoms with Crippen molar-refractivity contribution in [3.05, 3.63) is 51.1 Å². The second kappa shape index (κ2) is 7.35. The molecule has 3 rings (SSSR count). The van der Waals surface area contributed by atoms with Gasteiger partial charge in [-0.15, -0.1) is 11.3 Å². The van der Waals surface area contributed by atoms with Gasteiger partial charge in [-0.05, 0) is 43.7 Å². The van der Waals surface area contributed by atoms with Gasteiger partial charge < -0.3 is 15.5 Å². The molecule has 138 valence electrons. The van der Waals surface area contributed by atoms with Crippen LogP contribution in [0.4, 0.5) is 10.5 Å². The molecule has 0 unspecified atom stereocenters. The van der Waals surface area contributed by atoms with Gasteiger partial charge in [0, 0.05) is 31.2 Å². The second-order valence-corrected chi connectivity index (χ2v) is 7.41. The number of hydrogen-bond donors (Lipinski definition) is 2. The van der Waals surface area contributed by atoms with Crippen LogP contribution in [-0.4, -0.2) is 40.7 Å². The van der Waals surface area contributed by atoms with E-state index in [9.17, 15) is 9.59 Å². The van der Waals surface area contributed by atoms with Crippen LogP contribution in [0.25, 0.3) is 11.0 Å². The van der Waals surface area contributed by atoms with E-state index in [0.717, 1.165) is 11.0 Å². The van der Waals surface area contributed by atoms with Crippen LogP contribution in [0.1, 0.15) is 10.9 Å². The summed E-state index contributed by atoms with van der Waals surface area (Å²) in [6.45, 7) is 0.505. The summed E-state index contributed by atoms with van der Waals surface area (Å²) in [5, 5.41) is 7.79. The zero-order valence-electron chi connectivity index (χ0n) is 15.3. The number of nitrogens with zero attached hydrogens (tertiary/aromatic N) is 3. The van der Waals surface area contributed by atoms with E-state index in [-0.39, 0.29) is 17.8 Å². The van der Waals surface area contributed by atoms with Crippen LogP contribution in [0.15, 0.2) is 40.5 Å². The Bertz CT molecular complexity index is 972. The van der Waals surface area contributed by atoms with Crippen LogP contribution >= 0.6 is 11.3 Å². The Labute approximate surface area is 155 Å². The number of likely N-dealkylation sites (N-methyl/N-ethyl adjacent to an activating group) is 1. The third-order valence-electron chi connectivity index (χ3n) is 4.48. The number of amides is 2. The van der Waals surface area contributed by atoms with Gasteiger partial charge in [0.15, 0.2) is 0 Å². The third-order valence-corrected chi connectivity index (χ3v) is 5.45. The largest absolute Gasteiger partial charge is 0.336 e. The maximum Gasteiger partial charge on any atom is 0.328 e. The Hall–Kier alpha value is -2.58. The standard InChI is InChI=1S/C18H23N5O2S/c1-21(2)15(16-6-5-9-26-16)11-19-17(24)20-12-7-8-13-14(10-12)23(4)18(25)22(13)3/h5-10,15H,11H2,1-4H3,(H2,19,20,24)/t15-/m1/s1. The first-order valence-electron chi connectivity index (χ1n) is 8.28. The molecule has 0 aliphatic carbocycles. The van der Waals surface area contributed by atoms with Crippen molar-refractivity contribution in [1.29, 1.82) is 0 Å². The molecule has 2 amide bonds. The summed E-state index contributed by atoms with van der Waals surface area (Å²) >= 11 is 1.67. The number of urea groups is 1. The van der Waals surface area contributed by atoms with Crippen molar-refractivity contribution in [3.63, 3.8) is 0 Å². The Morgan fingerprint density at radius 3 is 2.58 bits per heavy atom. The highest BCUT2D eigenvalue weighted by Crippen LogP contribution is 2.22. The fourth-order valence-electron chi connectivity index (χ4n) is 2.97. The number of aromatic nitrogens is 2. The SMILES string of the molecule is CN(C)[C@H](CNC(=O)Nc1ccc2c(c1)n(C)c(=O)n2C)c1cccs1. The van der Waals surface area contributed by atoms with Crippen LogP contribution in [0.2, 0.25) is 0 Å². The number of nitrogens with one attached hydrogen (secondary N) is 2. The van der Waals surface area contributed by atoms with Crippen molar-refractivity contribution in [1.82, 2.24) is 19.4 Å². The van der Waals surface area contributed by atoms with Gasteiger partial charge in [-0.2, -0.15) is 0 Å². The van der Waals surface area contributed by atoms with E-state index in [0.29, 0.717) is 12.2 Å². The summed E-state index contributed by atoms with van der Waals surface area (Å²) in [6, 6.07) is 9.37. The van der Waals surface area contributed by atoms with Crippen LogP contribution in [0.3, 0.4) is 0 Å². The molecule has 2 N–H and O–H groups in total. The van der Waals surface area contributed by atoms with Gasteiger partial charge in [0.05, 0.1) is 17.1 Å². The molecule has 0 saturated carbocycles. The minimum absolute atomic E-state index is 0.0913. The van der Waals surface area contributed by atoms with E-state index in [4.69, 9.17) is 0 Å². The predicted molar refractivity (Wildman–Crippen MR) is 106 cm³/mol. The molecular weight excluding hydrogens is 350 g/mol. The van der Waals surface area contributed by atoms with Gasteiger partial charge >= 0.3 is 11.7 Å². The number of carbonyl (C=O) groups is 1. The Kier molecular flexibility index (Phi) is 5.15. The molecule has 0 aliphatic rings. The number of thiophene rings is 1. The maximum absolute atomic E-state index is 12.3. The van der Waals surface area contributed by atoms with Crippen molar-refractivity contribution in [2.24, 2.45) is 14.1 Å². The zero-order valence-corrected chi connectivity index (χ0v) is 16.1. The highest BCUT2D eigenvalue weighted by molar-refractivity contribution is 7.10. The monoisotopic (exact) mass is 373 g/mol. The average molecular weight is 373 g/mol.